The maximum atomic E-state index is 6.07. The van der Waals surface area contributed by atoms with Gasteiger partial charge in [0.1, 0.15) is 0 Å². The molecule has 1 nitrogen and oxygen atoms in total. The summed E-state index contributed by atoms with van der Waals surface area (Å²) in [5, 5.41) is 0. The monoisotopic (exact) mass is 289 g/mol. The largest absolute Gasteiger partial charge is 0.324 e. The number of halogens is 1. The molecule has 1 unspecified atom stereocenters. The van der Waals surface area contributed by atoms with Gasteiger partial charge in [-0.05, 0) is 59.2 Å². The van der Waals surface area contributed by atoms with Crippen molar-refractivity contribution in [2.75, 3.05) is 0 Å². The van der Waals surface area contributed by atoms with Crippen LogP contribution in [0.5, 0.6) is 0 Å². The third kappa shape index (κ3) is 2.95. The maximum Gasteiger partial charge on any atom is 0.0297 e. The van der Waals surface area contributed by atoms with Crippen molar-refractivity contribution in [3.05, 3.63) is 32.9 Å². The fourth-order valence-corrected chi connectivity index (χ4v) is 1.99. The zero-order valence-electron chi connectivity index (χ0n) is 8.18. The number of hydrogen-bond donors (Lipinski definition) is 1. The van der Waals surface area contributed by atoms with Gasteiger partial charge < -0.3 is 5.73 Å². The molecule has 72 valence electrons. The molecule has 0 aliphatic rings. The van der Waals surface area contributed by atoms with E-state index in [1.54, 1.807) is 0 Å². The smallest absolute Gasteiger partial charge is 0.0297 e. The summed E-state index contributed by atoms with van der Waals surface area (Å²) in [5.41, 5.74) is 8.68. The van der Waals surface area contributed by atoms with Crippen molar-refractivity contribution in [1.82, 2.24) is 0 Å². The fraction of sp³-hybridized carbons (Fsp3) is 0.455. The minimum Gasteiger partial charge on any atom is -0.324 e. The van der Waals surface area contributed by atoms with E-state index in [-0.39, 0.29) is 6.04 Å². The van der Waals surface area contributed by atoms with E-state index < -0.39 is 0 Å². The van der Waals surface area contributed by atoms with Crippen LogP contribution >= 0.6 is 22.6 Å². The second kappa shape index (κ2) is 4.96. The second-order valence-corrected chi connectivity index (χ2v) is 4.64. The lowest BCUT2D eigenvalue weighted by atomic mass is 9.99. The zero-order chi connectivity index (χ0) is 9.84. The Labute approximate surface area is 93.9 Å². The van der Waals surface area contributed by atoms with Gasteiger partial charge in [0.25, 0.3) is 0 Å². The molecule has 1 rings (SSSR count). The van der Waals surface area contributed by atoms with E-state index in [9.17, 15) is 0 Å². The molecule has 13 heavy (non-hydrogen) atoms. The summed E-state index contributed by atoms with van der Waals surface area (Å²) < 4.78 is 1.27. The molecule has 0 amide bonds. The molecule has 1 aromatic carbocycles. The highest BCUT2D eigenvalue weighted by molar-refractivity contribution is 14.1. The highest BCUT2D eigenvalue weighted by Gasteiger charge is 2.07. The maximum absolute atomic E-state index is 6.07. The van der Waals surface area contributed by atoms with E-state index in [4.69, 9.17) is 5.73 Å². The average molecular weight is 289 g/mol. The third-order valence-electron chi connectivity index (χ3n) is 2.24. The quantitative estimate of drug-likeness (QED) is 0.848. The molecule has 0 radical (unpaired) electrons. The lowest BCUT2D eigenvalue weighted by molar-refractivity contribution is 0.635. The lowest BCUT2D eigenvalue weighted by Gasteiger charge is -2.13. The predicted molar refractivity (Wildman–Crippen MR) is 65.7 cm³/mol. The SMILES string of the molecule is CCCC(N)c1cc(I)ccc1C. The van der Waals surface area contributed by atoms with Crippen LogP contribution < -0.4 is 5.73 Å². The first-order valence-electron chi connectivity index (χ1n) is 4.66. The summed E-state index contributed by atoms with van der Waals surface area (Å²) in [6.45, 7) is 4.30. The second-order valence-electron chi connectivity index (χ2n) is 3.40. The normalized spacial score (nSPS) is 12.9. The minimum absolute atomic E-state index is 0.208. The predicted octanol–water partition coefficient (Wildman–Crippen LogP) is 3.40. The summed E-state index contributed by atoms with van der Waals surface area (Å²) in [7, 11) is 0. The Morgan fingerprint density at radius 2 is 2.15 bits per heavy atom. The van der Waals surface area contributed by atoms with Gasteiger partial charge in [-0.25, -0.2) is 0 Å². The lowest BCUT2D eigenvalue weighted by Crippen LogP contribution is -2.11. The van der Waals surface area contributed by atoms with E-state index >= 15 is 0 Å². The van der Waals surface area contributed by atoms with Crippen molar-refractivity contribution < 1.29 is 0 Å². The molecular formula is C11H16IN. The van der Waals surface area contributed by atoms with Gasteiger partial charge in [-0.1, -0.05) is 19.4 Å². The van der Waals surface area contributed by atoms with Gasteiger partial charge in [0, 0.05) is 9.61 Å². The van der Waals surface area contributed by atoms with Gasteiger partial charge in [-0.15, -0.1) is 0 Å². The average Bonchev–Trinajstić information content (AvgIpc) is 2.09. The Hall–Kier alpha value is -0.0900. The van der Waals surface area contributed by atoms with Gasteiger partial charge in [-0.3, -0.25) is 0 Å². The first-order valence-corrected chi connectivity index (χ1v) is 5.74. The molecular weight excluding hydrogens is 273 g/mol. The molecule has 2 heteroatoms. The summed E-state index contributed by atoms with van der Waals surface area (Å²) in [5.74, 6) is 0. The summed E-state index contributed by atoms with van der Waals surface area (Å²) in [4.78, 5) is 0. The van der Waals surface area contributed by atoms with Crippen LogP contribution in [0.1, 0.15) is 36.9 Å². The molecule has 2 N–H and O–H groups in total. The van der Waals surface area contributed by atoms with Crippen LogP contribution in [0.4, 0.5) is 0 Å². The van der Waals surface area contributed by atoms with Crippen LogP contribution in [0, 0.1) is 10.5 Å². The summed E-state index contributed by atoms with van der Waals surface area (Å²) >= 11 is 2.33. The molecule has 0 heterocycles. The molecule has 1 aromatic rings. The molecule has 0 aliphatic carbocycles. The van der Waals surface area contributed by atoms with Gasteiger partial charge in [0.15, 0.2) is 0 Å². The van der Waals surface area contributed by atoms with Crippen molar-refractivity contribution in [1.29, 1.82) is 0 Å². The van der Waals surface area contributed by atoms with Gasteiger partial charge in [0.05, 0.1) is 0 Å². The number of benzene rings is 1. The number of aryl methyl sites for hydroxylation is 1. The van der Waals surface area contributed by atoms with Crippen LogP contribution in [-0.2, 0) is 0 Å². The molecule has 0 aromatic heterocycles. The summed E-state index contributed by atoms with van der Waals surface area (Å²) in [6.07, 6.45) is 2.22. The van der Waals surface area contributed by atoms with Crippen LogP contribution in [0.25, 0.3) is 0 Å². The first kappa shape index (κ1) is 11.0. The standard InChI is InChI=1S/C11H16IN/c1-3-4-11(13)10-7-9(12)6-5-8(10)2/h5-7,11H,3-4,13H2,1-2H3. The number of nitrogens with two attached hydrogens (primary N) is 1. The van der Waals surface area contributed by atoms with Gasteiger partial charge >= 0.3 is 0 Å². The minimum atomic E-state index is 0.208. The highest BCUT2D eigenvalue weighted by Crippen LogP contribution is 2.21. The van der Waals surface area contributed by atoms with Crippen molar-refractivity contribution >= 4 is 22.6 Å². The van der Waals surface area contributed by atoms with Crippen LogP contribution in [0.2, 0.25) is 0 Å². The van der Waals surface area contributed by atoms with E-state index in [0.29, 0.717) is 0 Å². The van der Waals surface area contributed by atoms with Crippen molar-refractivity contribution in [2.45, 2.75) is 32.7 Å². The molecule has 0 aliphatic heterocycles. The van der Waals surface area contributed by atoms with Gasteiger partial charge in [0.2, 0.25) is 0 Å². The van der Waals surface area contributed by atoms with Crippen molar-refractivity contribution in [3.8, 4) is 0 Å². The molecule has 0 spiro atoms. The van der Waals surface area contributed by atoms with E-state index in [1.807, 2.05) is 0 Å². The molecule has 0 fully saturated rings. The van der Waals surface area contributed by atoms with Gasteiger partial charge in [-0.2, -0.15) is 0 Å². The van der Waals surface area contributed by atoms with Crippen LogP contribution in [0.3, 0.4) is 0 Å². The fourth-order valence-electron chi connectivity index (χ4n) is 1.48. The van der Waals surface area contributed by atoms with E-state index in [2.05, 4.69) is 54.6 Å². The Bertz CT molecular complexity index is 283. The molecule has 1 atom stereocenters. The highest BCUT2D eigenvalue weighted by atomic mass is 127. The Kier molecular flexibility index (Phi) is 4.19. The Morgan fingerprint density at radius 3 is 2.77 bits per heavy atom. The first-order chi connectivity index (χ1) is 6.15. The Balaban J connectivity index is 2.91. The third-order valence-corrected chi connectivity index (χ3v) is 2.91. The zero-order valence-corrected chi connectivity index (χ0v) is 10.3. The van der Waals surface area contributed by atoms with Crippen molar-refractivity contribution in [3.63, 3.8) is 0 Å². The van der Waals surface area contributed by atoms with E-state index in [1.165, 1.54) is 14.7 Å². The summed E-state index contributed by atoms with van der Waals surface area (Å²) in [6, 6.07) is 6.67. The molecule has 0 bridgehead atoms. The van der Waals surface area contributed by atoms with Crippen molar-refractivity contribution in [2.24, 2.45) is 5.73 Å². The topological polar surface area (TPSA) is 26.0 Å². The number of rotatable bonds is 3. The Morgan fingerprint density at radius 1 is 1.46 bits per heavy atom. The number of hydrogen-bond acceptors (Lipinski definition) is 1. The molecule has 0 saturated carbocycles. The van der Waals surface area contributed by atoms with Crippen LogP contribution in [-0.4, -0.2) is 0 Å². The van der Waals surface area contributed by atoms with Crippen LogP contribution in [0.15, 0.2) is 18.2 Å². The molecule has 0 saturated heterocycles. The van der Waals surface area contributed by atoms with E-state index in [0.717, 1.165) is 12.8 Å².